The minimum atomic E-state index is -0.565. The smallest absolute Gasteiger partial charge is 0.313 e. The van der Waals surface area contributed by atoms with Crippen LogP contribution in [0.1, 0.15) is 16.8 Å². The van der Waals surface area contributed by atoms with Gasteiger partial charge in [0.05, 0.1) is 12.7 Å². The molecule has 1 aliphatic heterocycles. The zero-order valence-electron chi connectivity index (χ0n) is 9.39. The van der Waals surface area contributed by atoms with Crippen molar-refractivity contribution >= 4 is 11.8 Å². The Labute approximate surface area is 98.3 Å². The molecular weight excluding hydrogens is 224 g/mol. The van der Waals surface area contributed by atoms with Crippen LogP contribution in [0, 0.1) is 0 Å². The molecule has 0 aliphatic carbocycles. The fourth-order valence-electron chi connectivity index (χ4n) is 1.59. The summed E-state index contributed by atoms with van der Waals surface area (Å²) in [5, 5.41) is 0. The number of hydrogen-bond acceptors (Lipinski definition) is 5. The molecule has 2 rings (SSSR count). The summed E-state index contributed by atoms with van der Waals surface area (Å²) < 4.78 is 15.2. The molecule has 0 atom stereocenters. The van der Waals surface area contributed by atoms with Gasteiger partial charge in [-0.25, -0.2) is 0 Å². The maximum Gasteiger partial charge on any atom is 0.313 e. The van der Waals surface area contributed by atoms with Gasteiger partial charge in [0.25, 0.3) is 0 Å². The molecule has 5 heteroatoms. The van der Waals surface area contributed by atoms with Crippen LogP contribution < -0.4 is 9.47 Å². The predicted octanol–water partition coefficient (Wildman–Crippen LogP) is 1.20. The Morgan fingerprint density at radius 1 is 1.29 bits per heavy atom. The van der Waals surface area contributed by atoms with Crippen LogP contribution in [-0.4, -0.2) is 32.1 Å². The highest BCUT2D eigenvalue weighted by Crippen LogP contribution is 2.34. The van der Waals surface area contributed by atoms with E-state index >= 15 is 0 Å². The number of hydrogen-bond donors (Lipinski definition) is 0. The summed E-state index contributed by atoms with van der Waals surface area (Å²) in [6.07, 6.45) is -0.295. The van der Waals surface area contributed by atoms with Crippen LogP contribution in [0.4, 0.5) is 0 Å². The molecule has 0 amide bonds. The number of para-hydroxylation sites is 1. The van der Waals surface area contributed by atoms with E-state index in [4.69, 9.17) is 9.47 Å². The lowest BCUT2D eigenvalue weighted by molar-refractivity contribution is -0.139. The fourth-order valence-corrected chi connectivity index (χ4v) is 1.59. The number of carbonyl (C=O) groups is 2. The van der Waals surface area contributed by atoms with Crippen LogP contribution in [0.5, 0.6) is 11.5 Å². The van der Waals surface area contributed by atoms with Crippen molar-refractivity contribution in [2.75, 3.05) is 20.3 Å². The number of carbonyl (C=O) groups excluding carboxylic acids is 2. The summed E-state index contributed by atoms with van der Waals surface area (Å²) in [6, 6.07) is 5.03. The largest absolute Gasteiger partial charge is 0.486 e. The highest BCUT2D eigenvalue weighted by Gasteiger charge is 2.21. The average Bonchev–Trinajstić information content (AvgIpc) is 2.37. The Morgan fingerprint density at radius 3 is 2.82 bits per heavy atom. The standard InChI is InChI=1S/C12H12O5/c1-15-11(14)7-9(13)8-3-2-4-10-12(8)17-6-5-16-10/h2-4H,5-7H2,1H3. The summed E-state index contributed by atoms with van der Waals surface area (Å²) >= 11 is 0. The van der Waals surface area contributed by atoms with E-state index < -0.39 is 5.97 Å². The third-order valence-corrected chi connectivity index (χ3v) is 2.40. The summed E-state index contributed by atoms with van der Waals surface area (Å²) in [7, 11) is 1.25. The van der Waals surface area contributed by atoms with Crippen molar-refractivity contribution in [3.8, 4) is 11.5 Å². The van der Waals surface area contributed by atoms with Gasteiger partial charge in [-0.2, -0.15) is 0 Å². The first kappa shape index (κ1) is 11.4. The topological polar surface area (TPSA) is 61.8 Å². The van der Waals surface area contributed by atoms with Crippen molar-refractivity contribution in [1.29, 1.82) is 0 Å². The molecular formula is C12H12O5. The molecule has 0 spiro atoms. The number of methoxy groups -OCH3 is 1. The van der Waals surface area contributed by atoms with E-state index in [2.05, 4.69) is 4.74 Å². The highest BCUT2D eigenvalue weighted by molar-refractivity contribution is 6.08. The normalized spacial score (nSPS) is 13.0. The number of ketones is 1. The third-order valence-electron chi connectivity index (χ3n) is 2.40. The molecule has 0 radical (unpaired) electrons. The Balaban J connectivity index is 2.26. The molecule has 0 saturated heterocycles. The molecule has 90 valence electrons. The third kappa shape index (κ3) is 2.38. The van der Waals surface area contributed by atoms with Crippen molar-refractivity contribution in [1.82, 2.24) is 0 Å². The van der Waals surface area contributed by atoms with Crippen molar-refractivity contribution in [3.05, 3.63) is 23.8 Å². The average molecular weight is 236 g/mol. The highest BCUT2D eigenvalue weighted by atomic mass is 16.6. The van der Waals surface area contributed by atoms with Gasteiger partial charge in [-0.15, -0.1) is 0 Å². The first-order chi connectivity index (χ1) is 8.22. The summed E-state index contributed by atoms with van der Waals surface area (Å²) in [4.78, 5) is 22.9. The van der Waals surface area contributed by atoms with E-state index in [0.717, 1.165) is 0 Å². The molecule has 17 heavy (non-hydrogen) atoms. The van der Waals surface area contributed by atoms with Gasteiger partial charge in [0.2, 0.25) is 0 Å². The van der Waals surface area contributed by atoms with E-state index in [0.29, 0.717) is 30.3 Å². The van der Waals surface area contributed by atoms with Crippen LogP contribution in [0.3, 0.4) is 0 Å². The van der Waals surface area contributed by atoms with Crippen LogP contribution in [0.2, 0.25) is 0 Å². The molecule has 0 aromatic heterocycles. The minimum absolute atomic E-state index is 0.295. The van der Waals surface area contributed by atoms with Gasteiger partial charge in [-0.05, 0) is 12.1 Å². The van der Waals surface area contributed by atoms with Gasteiger partial charge < -0.3 is 14.2 Å². The second-order valence-corrected chi connectivity index (χ2v) is 3.51. The quantitative estimate of drug-likeness (QED) is 0.448. The fraction of sp³-hybridized carbons (Fsp3) is 0.333. The molecule has 1 aliphatic rings. The molecule has 1 aromatic rings. The van der Waals surface area contributed by atoms with Gasteiger partial charge in [0.1, 0.15) is 19.6 Å². The maximum absolute atomic E-state index is 11.8. The molecule has 5 nitrogen and oxygen atoms in total. The number of benzene rings is 1. The Kier molecular flexibility index (Phi) is 3.27. The van der Waals surface area contributed by atoms with E-state index in [9.17, 15) is 9.59 Å². The molecule has 1 aromatic carbocycles. The van der Waals surface area contributed by atoms with Gasteiger partial charge in [-0.1, -0.05) is 6.07 Å². The molecule has 1 heterocycles. The van der Waals surface area contributed by atoms with E-state index in [1.807, 2.05) is 0 Å². The van der Waals surface area contributed by atoms with Crippen LogP contribution in [0.15, 0.2) is 18.2 Å². The van der Waals surface area contributed by atoms with Crippen LogP contribution in [-0.2, 0) is 9.53 Å². The first-order valence-electron chi connectivity index (χ1n) is 5.21. The van der Waals surface area contributed by atoms with E-state index in [1.165, 1.54) is 7.11 Å². The van der Waals surface area contributed by atoms with Gasteiger partial charge in [-0.3, -0.25) is 9.59 Å². The molecule has 0 N–H and O–H groups in total. The summed E-state index contributed by atoms with van der Waals surface area (Å²) in [6.45, 7) is 0.858. The SMILES string of the molecule is COC(=O)CC(=O)c1cccc2c1OCCO2. The number of Topliss-reactive ketones (excluding diaryl/α,β-unsaturated/α-hetero) is 1. The van der Waals surface area contributed by atoms with Crippen LogP contribution >= 0.6 is 0 Å². The van der Waals surface area contributed by atoms with Gasteiger partial charge in [0.15, 0.2) is 17.3 Å². The van der Waals surface area contributed by atoms with E-state index in [-0.39, 0.29) is 12.2 Å². The zero-order chi connectivity index (χ0) is 12.3. The van der Waals surface area contributed by atoms with Crippen molar-refractivity contribution in [2.45, 2.75) is 6.42 Å². The second kappa shape index (κ2) is 4.86. The molecule has 0 saturated carbocycles. The predicted molar refractivity (Wildman–Crippen MR) is 58.4 cm³/mol. The number of esters is 1. The van der Waals surface area contributed by atoms with Crippen molar-refractivity contribution < 1.29 is 23.8 Å². The lowest BCUT2D eigenvalue weighted by Gasteiger charge is -2.20. The van der Waals surface area contributed by atoms with Gasteiger partial charge >= 0.3 is 5.97 Å². The lowest BCUT2D eigenvalue weighted by atomic mass is 10.1. The van der Waals surface area contributed by atoms with Crippen molar-refractivity contribution in [3.63, 3.8) is 0 Å². The summed E-state index contributed by atoms with van der Waals surface area (Å²) in [5.41, 5.74) is 0.354. The Morgan fingerprint density at radius 2 is 2.06 bits per heavy atom. The number of fused-ring (bicyclic) bond motifs is 1. The Hall–Kier alpha value is -2.04. The number of rotatable bonds is 3. The van der Waals surface area contributed by atoms with Crippen molar-refractivity contribution in [2.24, 2.45) is 0 Å². The minimum Gasteiger partial charge on any atom is -0.486 e. The first-order valence-corrected chi connectivity index (χ1v) is 5.21. The number of ether oxygens (including phenoxy) is 3. The Bertz CT molecular complexity index is 452. The van der Waals surface area contributed by atoms with E-state index in [1.54, 1.807) is 18.2 Å². The summed E-state index contributed by atoms with van der Waals surface area (Å²) in [5.74, 6) is 0.0446. The molecule has 0 unspecified atom stereocenters. The van der Waals surface area contributed by atoms with Crippen LogP contribution in [0.25, 0.3) is 0 Å². The maximum atomic E-state index is 11.8. The molecule has 0 bridgehead atoms. The van der Waals surface area contributed by atoms with Gasteiger partial charge in [0, 0.05) is 0 Å². The monoisotopic (exact) mass is 236 g/mol. The second-order valence-electron chi connectivity index (χ2n) is 3.51. The molecule has 0 fully saturated rings. The lowest BCUT2D eigenvalue weighted by Crippen LogP contribution is -2.18. The zero-order valence-corrected chi connectivity index (χ0v) is 9.39.